The second kappa shape index (κ2) is 46.3. The maximum atomic E-state index is 13.3. The van der Waals surface area contributed by atoms with Crippen LogP contribution in [-0.2, 0) is 64.1 Å². The van der Waals surface area contributed by atoms with E-state index in [9.17, 15) is 47.9 Å². The van der Waals surface area contributed by atoms with E-state index in [1.54, 1.807) is 86.6 Å². The maximum absolute atomic E-state index is 13.3. The van der Waals surface area contributed by atoms with E-state index in [1.807, 2.05) is 82.3 Å². The number of hydrogen-bond donors (Lipinski definition) is 8. The van der Waals surface area contributed by atoms with Crippen molar-refractivity contribution >= 4 is 123 Å². The number of methoxy groups -OCH3 is 2. The number of nitrogens with zero attached hydrogens (tertiary/aromatic N) is 11. The first-order valence-corrected chi connectivity index (χ1v) is 48.4. The Bertz CT molecular complexity index is 6270. The fourth-order valence-corrected chi connectivity index (χ4v) is 21.7. The minimum absolute atomic E-state index is 0. The number of aliphatic carboxylic acids is 1. The zero-order valence-electron chi connectivity index (χ0n) is 77.2. The number of rotatable bonds is 10. The van der Waals surface area contributed by atoms with Crippen molar-refractivity contribution < 1.29 is 72.3 Å². The van der Waals surface area contributed by atoms with E-state index in [-0.39, 0.29) is 112 Å². The number of carboxylic acids is 1. The van der Waals surface area contributed by atoms with Crippen molar-refractivity contribution in [3.63, 3.8) is 0 Å². The summed E-state index contributed by atoms with van der Waals surface area (Å²) < 4.78 is 30.3. The van der Waals surface area contributed by atoms with E-state index in [0.717, 1.165) is 200 Å². The molecule has 2 aromatic carbocycles. The second-order valence-electron chi connectivity index (χ2n) is 34.4. The molecule has 5 spiro atoms. The third-order valence-corrected chi connectivity index (χ3v) is 28.1. The SMILES string of the molecule is CC(=O)O.COc1ccc(CS)cc1.COc1ccc(CSc2cc(C)c3n(c2=O)C2(CCCCC2)NC3=O)cc1.Cc1cc(Br)c(=O)n2c1C(=O)NC21CCCCC1.Cc1cc(Oc2ccnc(Cl)n2)c(=O)n2c1C(=O)NC21CCCCC1.Cc1cc(Oc2ccncn2)c(=O)n2c1C(=O)NC21CCCCC1.Cc1cc(S)c(=O)n2c1C(=O)NC21CCCCC1.Clc1ccnc(Cl)n1.[CH3-].[Zn]. The minimum Gasteiger partial charge on any atom is -0.497 e. The van der Waals surface area contributed by atoms with Gasteiger partial charge in [-0.15, -0.1) is 24.4 Å². The van der Waals surface area contributed by atoms with Crippen LogP contribution in [0.5, 0.6) is 34.8 Å². The van der Waals surface area contributed by atoms with Crippen molar-refractivity contribution in [2.45, 2.75) is 252 Å². The molecule has 10 aromatic rings. The molecule has 6 N–H and O–H groups in total. The summed E-state index contributed by atoms with van der Waals surface area (Å²) in [5, 5.41) is 23.3. The van der Waals surface area contributed by atoms with Crippen LogP contribution in [0.25, 0.3) is 0 Å². The van der Waals surface area contributed by atoms with Gasteiger partial charge in [-0.3, -0.25) is 75.6 Å². The number of nitrogens with one attached hydrogen (secondary N) is 5. The molecule has 5 aliphatic heterocycles. The van der Waals surface area contributed by atoms with Gasteiger partial charge in [-0.1, -0.05) is 68.0 Å². The van der Waals surface area contributed by atoms with Crippen LogP contribution in [0, 0.1) is 42.0 Å². The number of aromatic nitrogens is 11. The fourth-order valence-electron chi connectivity index (χ4n) is 19.2. The van der Waals surface area contributed by atoms with E-state index in [1.165, 1.54) is 55.0 Å². The van der Waals surface area contributed by atoms with Crippen LogP contribution in [-0.4, -0.2) is 108 Å². The van der Waals surface area contributed by atoms with Crippen LogP contribution in [0.3, 0.4) is 0 Å². The van der Waals surface area contributed by atoms with Crippen molar-refractivity contribution in [2.24, 2.45) is 0 Å². The van der Waals surface area contributed by atoms with Gasteiger partial charge in [0.25, 0.3) is 63.3 Å². The molecule has 5 aliphatic carbocycles. The van der Waals surface area contributed by atoms with Gasteiger partial charge >= 0.3 is 0 Å². The van der Waals surface area contributed by atoms with Crippen LogP contribution in [0.4, 0.5) is 0 Å². The Kier molecular flexibility index (Phi) is 36.1. The average Bonchev–Trinajstić information content (AvgIpc) is 1.58. The van der Waals surface area contributed by atoms with Gasteiger partial charge in [-0.25, -0.2) is 24.9 Å². The number of halogens is 4. The Hall–Kier alpha value is -10.5. The first-order valence-electron chi connectivity index (χ1n) is 44.4. The van der Waals surface area contributed by atoms with E-state index in [0.29, 0.717) is 65.1 Å². The summed E-state index contributed by atoms with van der Waals surface area (Å²) in [6.07, 6.45) is 29.8. The molecule has 5 fully saturated rings. The van der Waals surface area contributed by atoms with Gasteiger partial charge < -0.3 is 58.1 Å². The number of carbonyl (C=O) groups is 6. The Morgan fingerprint density at radius 3 is 1.12 bits per heavy atom. The number of pyridine rings is 5. The molecule has 20 rings (SSSR count). The number of carboxylic acid groups (broad SMARTS) is 1. The van der Waals surface area contributed by atoms with Gasteiger partial charge in [0.15, 0.2) is 11.5 Å². The molecule has 32 nitrogen and oxygen atoms in total. The van der Waals surface area contributed by atoms with Crippen LogP contribution >= 0.6 is 87.8 Å². The summed E-state index contributed by atoms with van der Waals surface area (Å²) in [4.78, 5) is 159. The van der Waals surface area contributed by atoms with Gasteiger partial charge in [0.1, 0.15) is 79.8 Å². The predicted molar refractivity (Wildman–Crippen MR) is 524 cm³/mol. The third-order valence-electron chi connectivity index (χ3n) is 25.2. The minimum atomic E-state index is -0.833. The molecule has 0 atom stereocenters. The molecule has 718 valence electrons. The van der Waals surface area contributed by atoms with Crippen molar-refractivity contribution in [1.29, 1.82) is 0 Å². The molecule has 5 saturated carbocycles. The normalized spacial score (nSPS) is 17.0. The quantitative estimate of drug-likeness (QED) is 0.0157. The monoisotopic (exact) mass is 2090 g/mol. The number of benzene rings is 2. The van der Waals surface area contributed by atoms with E-state index >= 15 is 0 Å². The van der Waals surface area contributed by atoms with Crippen LogP contribution < -0.4 is 73.3 Å². The number of thiol groups is 2. The molecule has 0 unspecified atom stereocenters. The number of hydrogen-bond acceptors (Lipinski definition) is 24. The number of carbonyl (C=O) groups excluding carboxylic acids is 5. The smallest absolute Gasteiger partial charge is 0.300 e. The third kappa shape index (κ3) is 23.4. The summed E-state index contributed by atoms with van der Waals surface area (Å²) in [7, 11) is 3.31. The van der Waals surface area contributed by atoms with E-state index in [4.69, 9.17) is 63.7 Å². The topological polar surface area (TPSA) is 407 Å². The molecule has 0 saturated heterocycles. The first-order chi connectivity index (χ1) is 64.1. The molecule has 0 bridgehead atoms. The summed E-state index contributed by atoms with van der Waals surface area (Å²) in [6, 6.07) is 28.9. The van der Waals surface area contributed by atoms with Crippen molar-refractivity contribution in [1.82, 2.24) is 79.3 Å². The Labute approximate surface area is 837 Å². The van der Waals surface area contributed by atoms with Gasteiger partial charge in [0.2, 0.25) is 22.3 Å². The number of ether oxygens (including phenoxy) is 4. The molecule has 8 aromatic heterocycles. The number of thioether (sulfide) groups is 1. The summed E-state index contributed by atoms with van der Waals surface area (Å²) in [6.45, 7) is 10.3. The van der Waals surface area contributed by atoms with Gasteiger partial charge in [0.05, 0.1) is 28.5 Å². The van der Waals surface area contributed by atoms with Gasteiger partial charge in [0, 0.05) is 68.6 Å². The number of amides is 5. The molecular formula is C96H109BrCl3N16O16S3Zn-. The predicted octanol–water partition coefficient (Wildman–Crippen LogP) is 17.2. The molecule has 136 heavy (non-hydrogen) atoms. The largest absolute Gasteiger partial charge is 0.497 e. The summed E-state index contributed by atoms with van der Waals surface area (Å²) in [5.74, 6) is 2.42. The van der Waals surface area contributed by atoms with E-state index in [2.05, 4.69) is 97.7 Å². The van der Waals surface area contributed by atoms with Crippen LogP contribution in [0.15, 0.2) is 160 Å². The van der Waals surface area contributed by atoms with Crippen molar-refractivity contribution in [3.8, 4) is 34.8 Å². The van der Waals surface area contributed by atoms with Gasteiger partial charge in [-0.05, 0) is 302 Å². The Morgan fingerprint density at radius 1 is 0.441 bits per heavy atom. The van der Waals surface area contributed by atoms with Crippen LogP contribution in [0.2, 0.25) is 15.7 Å². The molecule has 0 radical (unpaired) electrons. The summed E-state index contributed by atoms with van der Waals surface area (Å²) >= 11 is 29.7. The second-order valence-corrected chi connectivity index (χ2v) is 38.1. The molecular weight excluding hydrogens is 1980 g/mol. The van der Waals surface area contributed by atoms with Crippen molar-refractivity contribution in [3.05, 3.63) is 269 Å². The Balaban J connectivity index is 0.000000155. The first kappa shape index (κ1) is 106. The zero-order chi connectivity index (χ0) is 96.1. The van der Waals surface area contributed by atoms with Gasteiger partial charge in [-0.2, -0.15) is 17.6 Å². The molecule has 13 heterocycles. The zero-order valence-corrected chi connectivity index (χ0v) is 86.6. The Morgan fingerprint density at radius 2 is 0.772 bits per heavy atom. The average molecular weight is 2090 g/mol. The molecule has 10 aliphatic rings. The maximum Gasteiger partial charge on any atom is 0.300 e. The van der Waals surface area contributed by atoms with Crippen molar-refractivity contribution in [2.75, 3.05) is 14.2 Å². The summed E-state index contributed by atoms with van der Waals surface area (Å²) in [5.41, 5.74) is 5.04. The number of fused-ring (bicyclic) bond motifs is 10. The van der Waals surface area contributed by atoms with Crippen LogP contribution in [0.1, 0.15) is 259 Å². The fraction of sp³-hybridized carbons (Fsp3) is 0.417. The standard InChI is InChI=1S/C21H24N2O3S.C17H17ClN4O3.C17H18N4O3.C13H15BrN2O2.C13H16N2O2S.C8H10OS.C4H2Cl2N2.C2H4O2.CH3.Zn/c1-14-12-17(27-13-15-6-8-16(26-2)9-7-15)20(25)23-18(14)19(24)22-21(23)10-4-3-5-11-21;1-10-9-11(25-12-5-8-19-16(18)20-12)15(24)22-13(10)14(23)21-17(22)6-3-2-4-7-17;1-11-9-12(24-13-5-8-18-10-19-13)16(23)21-14(11)15(22)20-17(21)6-3-2-4-7-17;1-8-7-9(14)12(18)16-10(8)11(17)15-13(16)5-3-2-4-6-13;1-8-7-9(18)12(17)15-10(8)11(16)14-13(15)5-3-2-4-6-13;1-9-8-4-2-7(6-10)3-5-8;5-3-1-2-7-4(6)8-3;1-2(3)4;;/h6-9,12H,3-5,10-11,13H2,1-2H3,(H,22,24);5,8-9H,2-4,6-7H2,1H3,(H,21,23);5,8-10H,2-4,6-7H2,1H3,(H,20,22);7H,2-6H2,1H3,(H,15,17);7,18H,2-6H2,1H3,(H,14,16);2-5,10H,6H2,1H3;1-2H;1H3,(H,3,4);1H3;/q;;;;;;;;-1;. The number of aryl methyl sites for hydroxylation is 5. The van der Waals surface area contributed by atoms with E-state index < -0.39 is 34.3 Å². The molecule has 5 amide bonds. The molecule has 40 heteroatoms.